The smallest absolute Gasteiger partial charge is 0.273 e. The summed E-state index contributed by atoms with van der Waals surface area (Å²) in [6.07, 6.45) is 2.87. The minimum atomic E-state index is -2.77. The molecule has 1 saturated carbocycles. The second-order valence-electron chi connectivity index (χ2n) is 6.92. The van der Waals surface area contributed by atoms with Crippen molar-refractivity contribution in [2.75, 3.05) is 24.7 Å². The minimum absolute atomic E-state index is 0.000853. The molecule has 13 heteroatoms. The molecular formula is C20H19N9O4. The molecule has 0 radical (unpaired) electrons. The van der Waals surface area contributed by atoms with E-state index in [1.165, 1.54) is 19.4 Å². The number of nitrogens with one attached hydrogen (secondary N) is 3. The number of aromatic nitrogens is 5. The van der Waals surface area contributed by atoms with Gasteiger partial charge in [0.2, 0.25) is 17.6 Å². The summed E-state index contributed by atoms with van der Waals surface area (Å²) in [5, 5.41) is 27.7. The Morgan fingerprint density at radius 1 is 1.39 bits per heavy atom. The van der Waals surface area contributed by atoms with Gasteiger partial charge in [0.05, 0.1) is 24.4 Å². The average Bonchev–Trinajstić information content (AvgIpc) is 3.57. The van der Waals surface area contributed by atoms with E-state index in [4.69, 9.17) is 18.6 Å². The van der Waals surface area contributed by atoms with Gasteiger partial charge in [-0.2, -0.15) is 10.2 Å². The van der Waals surface area contributed by atoms with Crippen LogP contribution in [0.1, 0.15) is 33.3 Å². The Balaban J connectivity index is 1.71. The molecule has 0 unspecified atom stereocenters. The normalized spacial score (nSPS) is 14.2. The summed E-state index contributed by atoms with van der Waals surface area (Å²) in [6.45, 7) is -2.77. The summed E-state index contributed by atoms with van der Waals surface area (Å²) in [5.41, 5.74) is 0.000422. The van der Waals surface area contributed by atoms with Crippen molar-refractivity contribution in [3.63, 3.8) is 0 Å². The molecule has 1 fully saturated rings. The number of ether oxygens (including phenoxy) is 1. The van der Waals surface area contributed by atoms with E-state index in [0.717, 1.165) is 12.8 Å². The third kappa shape index (κ3) is 4.69. The molecule has 1 aliphatic carbocycles. The largest absolute Gasteiger partial charge is 0.492 e. The third-order valence-corrected chi connectivity index (χ3v) is 4.62. The molecule has 3 N–H and O–H groups in total. The van der Waals surface area contributed by atoms with Gasteiger partial charge in [0, 0.05) is 29.3 Å². The van der Waals surface area contributed by atoms with Crippen LogP contribution in [0, 0.1) is 17.2 Å². The van der Waals surface area contributed by atoms with Crippen molar-refractivity contribution in [1.82, 2.24) is 30.6 Å². The highest BCUT2D eigenvalue weighted by atomic mass is 16.5. The molecule has 2 amide bonds. The van der Waals surface area contributed by atoms with Crippen LogP contribution in [0.5, 0.6) is 5.75 Å². The number of hydrogen-bond donors (Lipinski definition) is 3. The molecular weight excluding hydrogens is 430 g/mol. The lowest BCUT2D eigenvalue weighted by atomic mass is 10.2. The zero-order valence-electron chi connectivity index (χ0n) is 20.2. The molecule has 0 spiro atoms. The Kier molecular flexibility index (Phi) is 5.06. The molecule has 4 rings (SSSR count). The van der Waals surface area contributed by atoms with Crippen molar-refractivity contribution in [2.24, 2.45) is 5.92 Å². The van der Waals surface area contributed by atoms with Crippen molar-refractivity contribution < 1.29 is 23.0 Å². The zero-order valence-corrected chi connectivity index (χ0v) is 17.2. The topological polar surface area (TPSA) is 181 Å². The van der Waals surface area contributed by atoms with Crippen LogP contribution in [0.2, 0.25) is 0 Å². The summed E-state index contributed by atoms with van der Waals surface area (Å²) in [4.78, 5) is 33.2. The Hall–Kier alpha value is -4.60. The maximum atomic E-state index is 12.6. The predicted molar refractivity (Wildman–Crippen MR) is 113 cm³/mol. The van der Waals surface area contributed by atoms with Crippen LogP contribution in [-0.4, -0.2) is 51.2 Å². The molecule has 168 valence electrons. The monoisotopic (exact) mass is 452 g/mol. The summed E-state index contributed by atoms with van der Waals surface area (Å²) in [7, 11) is 1.37. The Morgan fingerprint density at radius 3 is 2.97 bits per heavy atom. The quantitative estimate of drug-likeness (QED) is 0.450. The van der Waals surface area contributed by atoms with Gasteiger partial charge in [0.1, 0.15) is 6.42 Å². The van der Waals surface area contributed by atoms with E-state index >= 15 is 0 Å². The lowest BCUT2D eigenvalue weighted by Gasteiger charge is -2.15. The minimum Gasteiger partial charge on any atom is -0.492 e. The summed E-state index contributed by atoms with van der Waals surface area (Å²) >= 11 is 0. The van der Waals surface area contributed by atoms with Gasteiger partial charge in [-0.3, -0.25) is 9.59 Å². The highest BCUT2D eigenvalue weighted by Gasteiger charge is 2.30. The van der Waals surface area contributed by atoms with E-state index < -0.39 is 12.9 Å². The third-order valence-electron chi connectivity index (χ3n) is 4.62. The van der Waals surface area contributed by atoms with E-state index in [2.05, 4.69) is 36.0 Å². The SMILES string of the molecule is [2H]C([2H])([2H])NC(=O)c1nnc(NC(=O)C2CC2)cc1Nc1nccc(-c2noc(CC#N)n2)c1OC. The first-order chi connectivity index (χ1) is 17.2. The molecule has 0 bridgehead atoms. The molecule has 3 heterocycles. The second kappa shape index (κ2) is 9.27. The lowest BCUT2D eigenvalue weighted by molar-refractivity contribution is -0.117. The summed E-state index contributed by atoms with van der Waals surface area (Å²) < 4.78 is 32.5. The molecule has 0 aliphatic heterocycles. The predicted octanol–water partition coefficient (Wildman–Crippen LogP) is 1.45. The molecule has 33 heavy (non-hydrogen) atoms. The van der Waals surface area contributed by atoms with Crippen LogP contribution < -0.4 is 20.7 Å². The van der Waals surface area contributed by atoms with Gasteiger partial charge >= 0.3 is 0 Å². The molecule has 3 aromatic heterocycles. The fraction of sp³-hybridized carbons (Fsp3) is 0.300. The molecule has 0 aromatic carbocycles. The van der Waals surface area contributed by atoms with Gasteiger partial charge in [0.25, 0.3) is 5.91 Å². The van der Waals surface area contributed by atoms with Gasteiger partial charge in [-0.25, -0.2) is 4.98 Å². The van der Waals surface area contributed by atoms with E-state index in [0.29, 0.717) is 5.56 Å². The van der Waals surface area contributed by atoms with Crippen molar-refractivity contribution >= 4 is 29.1 Å². The van der Waals surface area contributed by atoms with Crippen LogP contribution in [0.15, 0.2) is 22.9 Å². The first-order valence-corrected chi connectivity index (χ1v) is 9.69. The highest BCUT2D eigenvalue weighted by molar-refractivity contribution is 5.99. The second-order valence-corrected chi connectivity index (χ2v) is 6.92. The highest BCUT2D eigenvalue weighted by Crippen LogP contribution is 2.36. The molecule has 0 saturated heterocycles. The molecule has 1 aliphatic rings. The molecule has 3 aromatic rings. The number of pyridine rings is 1. The maximum Gasteiger partial charge on any atom is 0.273 e. The number of rotatable bonds is 8. The van der Waals surface area contributed by atoms with E-state index in [9.17, 15) is 9.59 Å². The van der Waals surface area contributed by atoms with Crippen molar-refractivity contribution in [3.05, 3.63) is 29.9 Å². The average molecular weight is 452 g/mol. The molecule has 13 nitrogen and oxygen atoms in total. The van der Waals surface area contributed by atoms with Crippen LogP contribution in [0.4, 0.5) is 17.3 Å². The number of anilines is 3. The van der Waals surface area contributed by atoms with Gasteiger partial charge < -0.3 is 25.2 Å². The van der Waals surface area contributed by atoms with E-state index in [-0.39, 0.29) is 58.7 Å². The van der Waals surface area contributed by atoms with E-state index in [1.54, 1.807) is 6.07 Å². The maximum absolute atomic E-state index is 12.6. The lowest BCUT2D eigenvalue weighted by Crippen LogP contribution is -2.22. The summed E-state index contributed by atoms with van der Waals surface area (Å²) in [6, 6.07) is 4.79. The Morgan fingerprint density at radius 2 is 2.24 bits per heavy atom. The number of nitrogens with zero attached hydrogens (tertiary/aromatic N) is 6. The number of nitriles is 1. The van der Waals surface area contributed by atoms with Gasteiger partial charge in [0.15, 0.2) is 23.1 Å². The summed E-state index contributed by atoms with van der Waals surface area (Å²) in [5.74, 6) is -0.832. The van der Waals surface area contributed by atoms with Gasteiger partial charge in [-0.05, 0) is 18.9 Å². The standard InChI is InChI=1S/C20H19N9O4/c1-22-20(31)15-12(9-13(27-28-15)25-19(30)10-3-4-10)24-18-16(32-2)11(6-8-23-18)17-26-14(5-7-21)33-29-17/h6,8-10H,3-5H2,1-2H3,(H,22,31)(H2,23,24,25,27,30)/i1D3. The van der Waals surface area contributed by atoms with Crippen molar-refractivity contribution in [3.8, 4) is 23.2 Å². The van der Waals surface area contributed by atoms with Gasteiger partial charge in [-0.1, -0.05) is 5.16 Å². The van der Waals surface area contributed by atoms with Crippen molar-refractivity contribution in [2.45, 2.75) is 19.3 Å². The van der Waals surface area contributed by atoms with Crippen LogP contribution >= 0.6 is 0 Å². The number of methoxy groups -OCH3 is 1. The van der Waals surface area contributed by atoms with Crippen molar-refractivity contribution in [1.29, 1.82) is 5.26 Å². The first kappa shape index (κ1) is 18.0. The first-order valence-electron chi connectivity index (χ1n) is 11.2. The van der Waals surface area contributed by atoms with Crippen LogP contribution in [-0.2, 0) is 11.2 Å². The fourth-order valence-corrected chi connectivity index (χ4v) is 2.90. The number of carbonyl (C=O) groups is 2. The number of amides is 2. The van der Waals surface area contributed by atoms with Crippen LogP contribution in [0.25, 0.3) is 11.4 Å². The zero-order chi connectivity index (χ0) is 25.9. The number of carbonyl (C=O) groups excluding carboxylic acids is 2. The van der Waals surface area contributed by atoms with Gasteiger partial charge in [-0.15, -0.1) is 10.2 Å². The Labute approximate surface area is 191 Å². The van der Waals surface area contributed by atoms with Crippen LogP contribution in [0.3, 0.4) is 0 Å². The molecule has 0 atom stereocenters. The number of hydrogen-bond acceptors (Lipinski definition) is 11. The Bertz CT molecular complexity index is 1350. The van der Waals surface area contributed by atoms with E-state index in [1.807, 2.05) is 11.4 Å². The fourth-order valence-electron chi connectivity index (χ4n) is 2.90.